The molecule has 1 aliphatic rings. The standard InChI is InChI=1S/C19H30N2O3/c1-14-6-5-7-15(12-14)17(22)13-20-16-8-10-21(11-9-16)18(23)24-19(2,3)4/h5-7,12,16-17,20,22H,8-11,13H2,1-4H3/t17-/m1/s1. The van der Waals surface area contributed by atoms with Gasteiger partial charge in [-0.3, -0.25) is 0 Å². The maximum absolute atomic E-state index is 12.0. The van der Waals surface area contributed by atoms with Crippen LogP contribution < -0.4 is 5.32 Å². The highest BCUT2D eigenvalue weighted by Crippen LogP contribution is 2.17. The number of nitrogens with zero attached hydrogens (tertiary/aromatic N) is 1. The molecule has 1 aromatic carbocycles. The fourth-order valence-corrected chi connectivity index (χ4v) is 2.87. The van der Waals surface area contributed by atoms with Gasteiger partial charge in [0.1, 0.15) is 5.60 Å². The first kappa shape index (κ1) is 18.7. The summed E-state index contributed by atoms with van der Waals surface area (Å²) in [5.41, 5.74) is 1.63. The van der Waals surface area contributed by atoms with Gasteiger partial charge < -0.3 is 20.1 Å². The first-order valence-electron chi connectivity index (χ1n) is 8.70. The van der Waals surface area contributed by atoms with Crippen LogP contribution in [0.4, 0.5) is 4.79 Å². The van der Waals surface area contributed by atoms with Gasteiger partial charge in [-0.1, -0.05) is 29.8 Å². The van der Waals surface area contributed by atoms with Crippen molar-refractivity contribution >= 4 is 6.09 Å². The van der Waals surface area contributed by atoms with E-state index < -0.39 is 11.7 Å². The fourth-order valence-electron chi connectivity index (χ4n) is 2.87. The molecule has 1 atom stereocenters. The molecule has 1 heterocycles. The van der Waals surface area contributed by atoms with Gasteiger partial charge >= 0.3 is 6.09 Å². The number of piperidine rings is 1. The molecular weight excluding hydrogens is 304 g/mol. The van der Waals surface area contributed by atoms with Gasteiger partial charge in [-0.15, -0.1) is 0 Å². The van der Waals surface area contributed by atoms with Gasteiger partial charge in [0, 0.05) is 25.7 Å². The van der Waals surface area contributed by atoms with E-state index in [1.54, 1.807) is 4.90 Å². The SMILES string of the molecule is Cc1cccc([C@H](O)CNC2CCN(C(=O)OC(C)(C)C)CC2)c1. The number of aliphatic hydroxyl groups excluding tert-OH is 1. The number of benzene rings is 1. The zero-order valence-electron chi connectivity index (χ0n) is 15.2. The predicted molar refractivity (Wildman–Crippen MR) is 95.0 cm³/mol. The van der Waals surface area contributed by atoms with Gasteiger partial charge in [0.25, 0.3) is 0 Å². The van der Waals surface area contributed by atoms with Gasteiger partial charge in [-0.2, -0.15) is 0 Å². The second-order valence-corrected chi connectivity index (χ2v) is 7.58. The van der Waals surface area contributed by atoms with Crippen molar-refractivity contribution < 1.29 is 14.6 Å². The Morgan fingerprint density at radius 3 is 2.62 bits per heavy atom. The first-order chi connectivity index (χ1) is 11.2. The summed E-state index contributed by atoms with van der Waals surface area (Å²) < 4.78 is 5.41. The summed E-state index contributed by atoms with van der Waals surface area (Å²) in [6.45, 7) is 9.57. The van der Waals surface area contributed by atoms with Crippen molar-refractivity contribution in [1.29, 1.82) is 0 Å². The Kier molecular flexibility index (Phi) is 6.24. The molecule has 0 spiro atoms. The van der Waals surface area contributed by atoms with Crippen molar-refractivity contribution in [2.24, 2.45) is 0 Å². The molecule has 1 saturated heterocycles. The summed E-state index contributed by atoms with van der Waals surface area (Å²) in [6.07, 6.45) is 1.01. The molecular formula is C19H30N2O3. The average Bonchev–Trinajstić information content (AvgIpc) is 2.51. The summed E-state index contributed by atoms with van der Waals surface area (Å²) in [5.74, 6) is 0. The number of rotatable bonds is 4. The molecule has 2 N–H and O–H groups in total. The monoisotopic (exact) mass is 334 g/mol. The lowest BCUT2D eigenvalue weighted by molar-refractivity contribution is 0.0194. The molecule has 2 rings (SSSR count). The van der Waals surface area contributed by atoms with Gasteiger partial charge in [-0.25, -0.2) is 4.79 Å². The normalized spacial score (nSPS) is 17.6. The number of aryl methyl sites for hydroxylation is 1. The Morgan fingerprint density at radius 1 is 1.38 bits per heavy atom. The predicted octanol–water partition coefficient (Wildman–Crippen LogP) is 3.02. The second kappa shape index (κ2) is 7.99. The quantitative estimate of drug-likeness (QED) is 0.888. The van der Waals surface area contributed by atoms with Crippen LogP contribution in [0.3, 0.4) is 0 Å². The Balaban J connectivity index is 1.74. The summed E-state index contributed by atoms with van der Waals surface area (Å²) in [7, 11) is 0. The minimum Gasteiger partial charge on any atom is -0.444 e. The van der Waals surface area contributed by atoms with Crippen LogP contribution in [0.15, 0.2) is 24.3 Å². The highest BCUT2D eigenvalue weighted by atomic mass is 16.6. The Bertz CT molecular complexity index is 546. The number of carbonyl (C=O) groups is 1. The van der Waals surface area contributed by atoms with Crippen molar-refractivity contribution in [3.8, 4) is 0 Å². The van der Waals surface area contributed by atoms with Crippen LogP contribution in [0.1, 0.15) is 50.8 Å². The molecule has 1 amide bonds. The lowest BCUT2D eigenvalue weighted by atomic mass is 10.0. The van der Waals surface area contributed by atoms with E-state index in [-0.39, 0.29) is 6.09 Å². The smallest absolute Gasteiger partial charge is 0.410 e. The number of nitrogens with one attached hydrogen (secondary N) is 1. The first-order valence-corrected chi connectivity index (χ1v) is 8.70. The number of aliphatic hydroxyl groups is 1. The molecule has 5 nitrogen and oxygen atoms in total. The summed E-state index contributed by atoms with van der Waals surface area (Å²) in [6, 6.07) is 8.27. The van der Waals surface area contributed by atoms with Gasteiger partial charge in [0.2, 0.25) is 0 Å². The molecule has 1 aromatic rings. The Labute approximate surface area is 145 Å². The molecule has 5 heteroatoms. The van der Waals surface area contributed by atoms with Crippen LogP contribution in [0.25, 0.3) is 0 Å². The van der Waals surface area contributed by atoms with Crippen molar-refractivity contribution in [3.05, 3.63) is 35.4 Å². The largest absolute Gasteiger partial charge is 0.444 e. The molecule has 134 valence electrons. The van der Waals surface area contributed by atoms with Gasteiger partial charge in [0.05, 0.1) is 6.10 Å². The topological polar surface area (TPSA) is 61.8 Å². The van der Waals surface area contributed by atoms with Crippen LogP contribution in [0.5, 0.6) is 0 Å². The van der Waals surface area contributed by atoms with E-state index in [1.807, 2.05) is 52.0 Å². The van der Waals surface area contributed by atoms with Gasteiger partial charge in [-0.05, 0) is 46.1 Å². The van der Waals surface area contributed by atoms with E-state index >= 15 is 0 Å². The summed E-state index contributed by atoms with van der Waals surface area (Å²) in [4.78, 5) is 13.8. The van der Waals surface area contributed by atoms with Crippen LogP contribution >= 0.6 is 0 Å². The highest BCUT2D eigenvalue weighted by Gasteiger charge is 2.26. The average molecular weight is 334 g/mol. The lowest BCUT2D eigenvalue weighted by Gasteiger charge is -2.34. The number of hydrogen-bond donors (Lipinski definition) is 2. The van der Waals surface area contributed by atoms with E-state index in [1.165, 1.54) is 0 Å². The van der Waals surface area contributed by atoms with Crippen LogP contribution in [0.2, 0.25) is 0 Å². The minimum atomic E-state index is -0.506. The van der Waals surface area contributed by atoms with Crippen LogP contribution in [0, 0.1) is 6.92 Å². The maximum atomic E-state index is 12.0. The van der Waals surface area contributed by atoms with Crippen LogP contribution in [-0.2, 0) is 4.74 Å². The summed E-state index contributed by atoms with van der Waals surface area (Å²) >= 11 is 0. The number of carbonyl (C=O) groups excluding carboxylic acids is 1. The van der Waals surface area contributed by atoms with Crippen LogP contribution in [-0.4, -0.2) is 47.4 Å². The molecule has 24 heavy (non-hydrogen) atoms. The Hall–Kier alpha value is -1.59. The molecule has 0 aliphatic carbocycles. The molecule has 0 unspecified atom stereocenters. The lowest BCUT2D eigenvalue weighted by Crippen LogP contribution is -2.47. The molecule has 0 bridgehead atoms. The zero-order chi connectivity index (χ0) is 17.7. The van der Waals surface area contributed by atoms with E-state index in [0.717, 1.165) is 24.0 Å². The van der Waals surface area contributed by atoms with E-state index in [2.05, 4.69) is 5.32 Å². The van der Waals surface area contributed by atoms with E-state index in [4.69, 9.17) is 4.74 Å². The highest BCUT2D eigenvalue weighted by molar-refractivity contribution is 5.68. The third kappa shape index (κ3) is 5.80. The molecule has 0 aromatic heterocycles. The third-order valence-corrected chi connectivity index (χ3v) is 4.17. The summed E-state index contributed by atoms with van der Waals surface area (Å²) in [5, 5.41) is 13.7. The zero-order valence-corrected chi connectivity index (χ0v) is 15.2. The van der Waals surface area contributed by atoms with E-state index in [0.29, 0.717) is 25.7 Å². The van der Waals surface area contributed by atoms with E-state index in [9.17, 15) is 9.90 Å². The number of hydrogen-bond acceptors (Lipinski definition) is 4. The number of ether oxygens (including phenoxy) is 1. The Morgan fingerprint density at radius 2 is 2.04 bits per heavy atom. The van der Waals surface area contributed by atoms with Crippen molar-refractivity contribution in [2.75, 3.05) is 19.6 Å². The molecule has 0 saturated carbocycles. The fraction of sp³-hybridized carbons (Fsp3) is 0.632. The number of likely N-dealkylation sites (tertiary alicyclic amines) is 1. The maximum Gasteiger partial charge on any atom is 0.410 e. The van der Waals surface area contributed by atoms with Crippen molar-refractivity contribution in [1.82, 2.24) is 10.2 Å². The molecule has 1 fully saturated rings. The number of amides is 1. The van der Waals surface area contributed by atoms with Gasteiger partial charge in [0.15, 0.2) is 0 Å². The second-order valence-electron chi connectivity index (χ2n) is 7.58. The minimum absolute atomic E-state index is 0.235. The third-order valence-electron chi connectivity index (χ3n) is 4.17. The molecule has 0 radical (unpaired) electrons. The molecule has 1 aliphatic heterocycles. The van der Waals surface area contributed by atoms with Crippen molar-refractivity contribution in [3.63, 3.8) is 0 Å². The van der Waals surface area contributed by atoms with Crippen molar-refractivity contribution in [2.45, 2.75) is 58.3 Å².